The number of guanidine groups is 1. The van der Waals surface area contributed by atoms with Gasteiger partial charge in [0.05, 0.1) is 10.5 Å². The number of sulfone groups is 1. The fraction of sp³-hybridized carbons (Fsp3) is 0.600. The highest BCUT2D eigenvalue weighted by atomic mass is 32.2. The molecule has 0 spiro atoms. The monoisotopic (exact) mass is 356 g/mol. The highest BCUT2D eigenvalue weighted by Crippen LogP contribution is 2.23. The molecule has 1 aliphatic heterocycles. The van der Waals surface area contributed by atoms with E-state index < -0.39 is 20.5 Å². The van der Waals surface area contributed by atoms with Crippen LogP contribution in [0.2, 0.25) is 0 Å². The van der Waals surface area contributed by atoms with Gasteiger partial charge >= 0.3 is 0 Å². The number of hydrogen-bond donors (Lipinski definition) is 2. The molecule has 0 radical (unpaired) electrons. The van der Waals surface area contributed by atoms with Crippen LogP contribution >= 0.6 is 0 Å². The van der Waals surface area contributed by atoms with Crippen molar-refractivity contribution in [3.63, 3.8) is 0 Å². The van der Waals surface area contributed by atoms with Crippen molar-refractivity contribution in [2.45, 2.75) is 32.1 Å². The minimum absolute atomic E-state index is 0.0930. The van der Waals surface area contributed by atoms with Crippen LogP contribution < -0.4 is 11.1 Å². The van der Waals surface area contributed by atoms with Crippen molar-refractivity contribution in [2.24, 2.45) is 10.7 Å². The van der Waals surface area contributed by atoms with Crippen molar-refractivity contribution >= 4 is 21.7 Å². The molecule has 0 saturated carbocycles. The average molecular weight is 356 g/mol. The molecule has 9 heteroatoms. The maximum Gasteiger partial charge on any atom is 0.284 e. The Kier molecular flexibility index (Phi) is 5.22. The molecule has 1 aromatic rings. The molecule has 8 nitrogen and oxygen atoms in total. The zero-order chi connectivity index (χ0) is 18.0. The van der Waals surface area contributed by atoms with Crippen LogP contribution in [-0.4, -0.2) is 55.3 Å². The summed E-state index contributed by atoms with van der Waals surface area (Å²) in [5.41, 5.74) is 5.16. The fourth-order valence-electron chi connectivity index (χ4n) is 2.50. The van der Waals surface area contributed by atoms with Crippen LogP contribution in [0.5, 0.6) is 0 Å². The normalized spacial score (nSPS) is 20.0. The Bertz CT molecular complexity index is 736. The number of nitrogens with two attached hydrogens (primary N) is 1. The number of nitrogens with zero attached hydrogens (tertiary/aromatic N) is 2. The molecule has 2 heterocycles. The van der Waals surface area contributed by atoms with Gasteiger partial charge in [0.25, 0.3) is 5.91 Å². The summed E-state index contributed by atoms with van der Waals surface area (Å²) in [5.74, 6) is 0.702. The van der Waals surface area contributed by atoms with Crippen LogP contribution in [0.4, 0.5) is 0 Å². The Morgan fingerprint density at radius 1 is 1.46 bits per heavy atom. The third-order valence-electron chi connectivity index (χ3n) is 3.97. The topological polar surface area (TPSA) is 118 Å². The predicted molar refractivity (Wildman–Crippen MR) is 91.5 cm³/mol. The molecule has 1 aliphatic rings. The maximum absolute atomic E-state index is 12.1. The van der Waals surface area contributed by atoms with Gasteiger partial charge in [0.1, 0.15) is 12.3 Å². The van der Waals surface area contributed by atoms with Crippen LogP contribution in [0.15, 0.2) is 21.5 Å². The summed E-state index contributed by atoms with van der Waals surface area (Å²) in [6, 6.07) is 3.16. The van der Waals surface area contributed by atoms with Crippen LogP contribution in [0.1, 0.15) is 37.1 Å². The molecule has 1 amide bonds. The first-order chi connectivity index (χ1) is 11.2. The van der Waals surface area contributed by atoms with E-state index in [1.54, 1.807) is 19.9 Å². The van der Waals surface area contributed by atoms with E-state index in [2.05, 4.69) is 10.3 Å². The van der Waals surface area contributed by atoms with Gasteiger partial charge in [-0.2, -0.15) is 0 Å². The highest BCUT2D eigenvalue weighted by Gasteiger charge is 2.40. The first-order valence-electron chi connectivity index (χ1n) is 7.80. The van der Waals surface area contributed by atoms with Crippen LogP contribution in [0, 0.1) is 0 Å². The smallest absolute Gasteiger partial charge is 0.284 e. The lowest BCUT2D eigenvalue weighted by Gasteiger charge is -2.39. The van der Waals surface area contributed by atoms with Gasteiger partial charge in [0.15, 0.2) is 21.6 Å². The molecular weight excluding hydrogens is 332 g/mol. The second-order valence-electron chi connectivity index (χ2n) is 6.30. The zero-order valence-corrected chi connectivity index (χ0v) is 15.0. The van der Waals surface area contributed by atoms with Gasteiger partial charge in [0.2, 0.25) is 0 Å². The fourth-order valence-corrected chi connectivity index (χ4v) is 3.86. The first kappa shape index (κ1) is 18.3. The second kappa shape index (κ2) is 6.84. The summed E-state index contributed by atoms with van der Waals surface area (Å²) in [6.45, 7) is 7.05. The van der Waals surface area contributed by atoms with Gasteiger partial charge in [-0.05, 0) is 32.9 Å². The van der Waals surface area contributed by atoms with E-state index in [4.69, 9.17) is 10.2 Å². The van der Waals surface area contributed by atoms with E-state index in [1.807, 2.05) is 11.8 Å². The van der Waals surface area contributed by atoms with Gasteiger partial charge < -0.3 is 20.4 Å². The molecular formula is C15H24N4O4S. The molecule has 0 bridgehead atoms. The minimum Gasteiger partial charge on any atom is -0.454 e. The van der Waals surface area contributed by atoms with E-state index in [0.29, 0.717) is 31.4 Å². The SMILES string of the molecule is CCNC(=NCc1ccc(C(N)=O)o1)N1CCS(=O)(=O)C(C)(C)C1. The Labute approximate surface area is 142 Å². The van der Waals surface area contributed by atoms with Crippen molar-refractivity contribution in [3.05, 3.63) is 23.7 Å². The lowest BCUT2D eigenvalue weighted by atomic mass is 10.2. The molecule has 24 heavy (non-hydrogen) atoms. The molecule has 1 saturated heterocycles. The lowest BCUT2D eigenvalue weighted by Crippen LogP contribution is -2.57. The van der Waals surface area contributed by atoms with Gasteiger partial charge in [-0.3, -0.25) is 4.79 Å². The summed E-state index contributed by atoms with van der Waals surface area (Å²) >= 11 is 0. The Morgan fingerprint density at radius 2 is 2.17 bits per heavy atom. The summed E-state index contributed by atoms with van der Waals surface area (Å²) in [6.07, 6.45) is 0. The molecule has 2 rings (SSSR count). The first-order valence-corrected chi connectivity index (χ1v) is 9.45. The molecule has 1 fully saturated rings. The zero-order valence-electron chi connectivity index (χ0n) is 14.2. The van der Waals surface area contributed by atoms with Crippen molar-refractivity contribution in [1.29, 1.82) is 0 Å². The number of rotatable bonds is 4. The standard InChI is InChI=1S/C15H24N4O4S/c1-4-17-14(18-9-11-5-6-12(23-11)13(16)20)19-7-8-24(21,22)15(2,3)10-19/h5-6H,4,7-10H2,1-3H3,(H2,16,20)(H,17,18). The lowest BCUT2D eigenvalue weighted by molar-refractivity contribution is 0.0972. The van der Waals surface area contributed by atoms with Gasteiger partial charge in [-0.1, -0.05) is 0 Å². The predicted octanol–water partition coefficient (Wildman–Crippen LogP) is 0.353. The van der Waals surface area contributed by atoms with Gasteiger partial charge in [0, 0.05) is 19.6 Å². The Morgan fingerprint density at radius 3 is 2.71 bits per heavy atom. The minimum atomic E-state index is -3.11. The van der Waals surface area contributed by atoms with Crippen molar-refractivity contribution < 1.29 is 17.6 Å². The number of carbonyl (C=O) groups excluding carboxylic acids is 1. The van der Waals surface area contributed by atoms with E-state index in [0.717, 1.165) is 0 Å². The number of amides is 1. The second-order valence-corrected chi connectivity index (χ2v) is 9.04. The third-order valence-corrected chi connectivity index (χ3v) is 6.50. The summed E-state index contributed by atoms with van der Waals surface area (Å²) in [7, 11) is -3.11. The molecule has 3 N–H and O–H groups in total. The summed E-state index contributed by atoms with van der Waals surface area (Å²) in [5, 5.41) is 3.17. The van der Waals surface area contributed by atoms with Crippen molar-refractivity contribution in [3.8, 4) is 0 Å². The highest BCUT2D eigenvalue weighted by molar-refractivity contribution is 7.92. The Hall–Kier alpha value is -2.03. The molecule has 134 valence electrons. The number of aliphatic imine (C=N–C) groups is 1. The molecule has 0 aromatic carbocycles. The largest absolute Gasteiger partial charge is 0.454 e. The molecule has 0 aliphatic carbocycles. The summed E-state index contributed by atoms with van der Waals surface area (Å²) < 4.78 is 28.7. The number of carbonyl (C=O) groups is 1. The van der Waals surface area contributed by atoms with E-state index in [-0.39, 0.29) is 18.1 Å². The third kappa shape index (κ3) is 3.89. The molecule has 0 atom stereocenters. The number of furan rings is 1. The van der Waals surface area contributed by atoms with Gasteiger partial charge in [-0.25, -0.2) is 13.4 Å². The quantitative estimate of drug-likeness (QED) is 0.594. The molecule has 1 aromatic heterocycles. The van der Waals surface area contributed by atoms with E-state index in [9.17, 15) is 13.2 Å². The van der Waals surface area contributed by atoms with Crippen molar-refractivity contribution in [2.75, 3.05) is 25.4 Å². The van der Waals surface area contributed by atoms with Crippen LogP contribution in [0.25, 0.3) is 0 Å². The van der Waals surface area contributed by atoms with Crippen LogP contribution in [0.3, 0.4) is 0 Å². The van der Waals surface area contributed by atoms with Crippen molar-refractivity contribution in [1.82, 2.24) is 10.2 Å². The number of primary amides is 1. The molecule has 0 unspecified atom stereocenters. The number of nitrogens with one attached hydrogen (secondary N) is 1. The number of hydrogen-bond acceptors (Lipinski definition) is 5. The van der Waals surface area contributed by atoms with Crippen LogP contribution in [-0.2, 0) is 16.4 Å². The summed E-state index contributed by atoms with van der Waals surface area (Å²) in [4.78, 5) is 17.5. The van der Waals surface area contributed by atoms with Gasteiger partial charge in [-0.15, -0.1) is 0 Å². The maximum atomic E-state index is 12.1. The van der Waals surface area contributed by atoms with E-state index >= 15 is 0 Å². The average Bonchev–Trinajstić information content (AvgIpc) is 2.95. The Balaban J connectivity index is 2.15. The van der Waals surface area contributed by atoms with E-state index in [1.165, 1.54) is 6.07 Å².